The number of benzene rings is 1. The molecule has 28 heavy (non-hydrogen) atoms. The Morgan fingerprint density at radius 2 is 2.14 bits per heavy atom. The zero-order chi connectivity index (χ0) is 19.3. The van der Waals surface area contributed by atoms with E-state index in [9.17, 15) is 4.79 Å². The molecule has 1 aliphatic heterocycles. The second-order valence-electron chi connectivity index (χ2n) is 6.71. The van der Waals surface area contributed by atoms with Crippen molar-refractivity contribution in [3.05, 3.63) is 52.2 Å². The molecule has 146 valence electrons. The van der Waals surface area contributed by atoms with E-state index in [1.165, 1.54) is 0 Å². The van der Waals surface area contributed by atoms with Crippen LogP contribution in [0.25, 0.3) is 16.3 Å². The number of hydrogen-bond donors (Lipinski definition) is 0. The Bertz CT molecular complexity index is 959. The average Bonchev–Trinajstić information content (AvgIpc) is 3.38. The van der Waals surface area contributed by atoms with Crippen LogP contribution in [0.1, 0.15) is 10.4 Å². The number of anilines is 1. The van der Waals surface area contributed by atoms with Crippen molar-refractivity contribution in [3.63, 3.8) is 0 Å². The molecule has 1 fully saturated rings. The highest BCUT2D eigenvalue weighted by molar-refractivity contribution is 7.22. The summed E-state index contributed by atoms with van der Waals surface area (Å²) >= 11 is 3.20. The van der Waals surface area contributed by atoms with Crippen molar-refractivity contribution in [2.24, 2.45) is 0 Å². The van der Waals surface area contributed by atoms with E-state index in [1.54, 1.807) is 28.7 Å². The molecule has 3 aromatic rings. The number of carbonyl (C=O) groups is 1. The molecule has 1 aliphatic rings. The van der Waals surface area contributed by atoms with E-state index in [-0.39, 0.29) is 5.91 Å². The zero-order valence-corrected chi connectivity index (χ0v) is 17.5. The summed E-state index contributed by atoms with van der Waals surface area (Å²) < 4.78 is 6.54. The van der Waals surface area contributed by atoms with E-state index in [4.69, 9.17) is 9.72 Å². The lowest BCUT2D eigenvalue weighted by molar-refractivity contribution is -0.114. The molecule has 0 radical (unpaired) electrons. The number of hydrogen-bond acceptors (Lipinski definition) is 6. The minimum atomic E-state index is -0.0293. The number of aryl methyl sites for hydroxylation is 1. The van der Waals surface area contributed by atoms with Gasteiger partial charge in [-0.3, -0.25) is 14.6 Å². The number of morpholine rings is 1. The number of thiophene rings is 1. The maximum atomic E-state index is 13.0. The molecular formula is C21H23N3O2S2. The first-order valence-corrected chi connectivity index (χ1v) is 11.1. The maximum absolute atomic E-state index is 13.0. The predicted molar refractivity (Wildman–Crippen MR) is 117 cm³/mol. The number of thiazole rings is 1. The van der Waals surface area contributed by atoms with Gasteiger partial charge in [-0.05, 0) is 36.1 Å². The van der Waals surface area contributed by atoms with Crippen molar-refractivity contribution in [1.29, 1.82) is 0 Å². The van der Waals surface area contributed by atoms with Gasteiger partial charge < -0.3 is 4.74 Å². The Morgan fingerprint density at radius 1 is 1.29 bits per heavy atom. The summed E-state index contributed by atoms with van der Waals surface area (Å²) in [6.45, 7) is 6.82. The molecular weight excluding hydrogens is 390 g/mol. The van der Waals surface area contributed by atoms with Crippen LogP contribution in [0.4, 0.5) is 5.13 Å². The maximum Gasteiger partial charge on any atom is 0.252 e. The number of ether oxygens (including phenoxy) is 1. The normalized spacial score (nSPS) is 15.5. The first-order valence-electron chi connectivity index (χ1n) is 9.40. The average molecular weight is 414 g/mol. The Hall–Kier alpha value is -2.06. The topological polar surface area (TPSA) is 45.7 Å². The van der Waals surface area contributed by atoms with Crippen molar-refractivity contribution in [2.75, 3.05) is 44.3 Å². The number of aromatic nitrogens is 1. The zero-order valence-electron chi connectivity index (χ0n) is 15.8. The monoisotopic (exact) mass is 413 g/mol. The smallest absolute Gasteiger partial charge is 0.252 e. The van der Waals surface area contributed by atoms with Crippen LogP contribution in [-0.4, -0.2) is 55.2 Å². The molecule has 1 aromatic carbocycles. The summed E-state index contributed by atoms with van der Waals surface area (Å²) in [5.41, 5.74) is 2.11. The van der Waals surface area contributed by atoms with Crippen LogP contribution in [0.2, 0.25) is 0 Å². The number of fused-ring (bicyclic) bond motifs is 1. The second-order valence-corrected chi connectivity index (χ2v) is 8.70. The van der Waals surface area contributed by atoms with Gasteiger partial charge >= 0.3 is 0 Å². The van der Waals surface area contributed by atoms with E-state index in [2.05, 4.69) is 24.0 Å². The number of para-hydroxylation sites is 1. The lowest BCUT2D eigenvalue weighted by atomic mass is 10.2. The van der Waals surface area contributed by atoms with Crippen LogP contribution >= 0.6 is 22.7 Å². The third-order valence-corrected chi connectivity index (χ3v) is 6.66. The molecule has 3 heterocycles. The highest BCUT2D eigenvalue weighted by Crippen LogP contribution is 2.30. The molecule has 0 saturated carbocycles. The number of carbonyl (C=O) groups excluding carboxylic acids is 1. The van der Waals surface area contributed by atoms with Crippen molar-refractivity contribution in [2.45, 2.75) is 6.92 Å². The summed E-state index contributed by atoms with van der Waals surface area (Å²) in [7, 11) is 0. The molecule has 0 spiro atoms. The van der Waals surface area contributed by atoms with Gasteiger partial charge in [-0.15, -0.1) is 11.3 Å². The standard InChI is InChI=1S/C21H23N3O2S2/c1-16-4-2-6-18-20(16)22-21(28-18)24(10-9-23-11-13-26-14-12-23)19(25)8-7-17-5-3-15-27-17/h2-8,15H,9-14H2,1H3/b8-7+. The Balaban J connectivity index is 1.57. The SMILES string of the molecule is Cc1cccc2sc(N(CCN3CCOCC3)C(=O)/C=C/c3cccs3)nc12. The molecule has 5 nitrogen and oxygen atoms in total. The first-order chi connectivity index (χ1) is 13.7. The Labute approximate surface area is 172 Å². The van der Waals surface area contributed by atoms with Gasteiger partial charge in [0.25, 0.3) is 5.91 Å². The minimum Gasteiger partial charge on any atom is -0.379 e. The second kappa shape index (κ2) is 8.96. The molecule has 2 aromatic heterocycles. The number of rotatable bonds is 6. The highest BCUT2D eigenvalue weighted by atomic mass is 32.1. The van der Waals surface area contributed by atoms with E-state index >= 15 is 0 Å². The molecule has 7 heteroatoms. The summed E-state index contributed by atoms with van der Waals surface area (Å²) in [5, 5.41) is 2.77. The van der Waals surface area contributed by atoms with Crippen molar-refractivity contribution in [1.82, 2.24) is 9.88 Å². The lowest BCUT2D eigenvalue weighted by Crippen LogP contribution is -2.42. The summed E-state index contributed by atoms with van der Waals surface area (Å²) in [6.07, 6.45) is 3.54. The van der Waals surface area contributed by atoms with Crippen molar-refractivity contribution < 1.29 is 9.53 Å². The van der Waals surface area contributed by atoms with Gasteiger partial charge in [0.05, 0.1) is 23.4 Å². The van der Waals surface area contributed by atoms with Crippen LogP contribution in [0.5, 0.6) is 0 Å². The third-order valence-electron chi connectivity index (χ3n) is 4.78. The molecule has 0 atom stereocenters. The summed E-state index contributed by atoms with van der Waals surface area (Å²) in [5.74, 6) is -0.0293. The third kappa shape index (κ3) is 4.50. The van der Waals surface area contributed by atoms with Crippen LogP contribution < -0.4 is 4.90 Å². The van der Waals surface area contributed by atoms with E-state index in [1.807, 2.05) is 34.6 Å². The molecule has 0 aliphatic carbocycles. The Morgan fingerprint density at radius 3 is 2.89 bits per heavy atom. The van der Waals surface area contributed by atoms with Gasteiger partial charge in [0.1, 0.15) is 0 Å². The summed E-state index contributed by atoms with van der Waals surface area (Å²) in [6, 6.07) is 10.2. The number of nitrogens with zero attached hydrogens (tertiary/aromatic N) is 3. The summed E-state index contributed by atoms with van der Waals surface area (Å²) in [4.78, 5) is 23.1. The van der Waals surface area contributed by atoms with E-state index in [0.29, 0.717) is 6.54 Å². The first kappa shape index (κ1) is 19.3. The van der Waals surface area contributed by atoms with Crippen molar-refractivity contribution >= 4 is 50.0 Å². The fraction of sp³-hybridized carbons (Fsp3) is 0.333. The quantitative estimate of drug-likeness (QED) is 0.572. The van der Waals surface area contributed by atoms with Crippen molar-refractivity contribution in [3.8, 4) is 0 Å². The fourth-order valence-electron chi connectivity index (χ4n) is 3.19. The Kier molecular flexibility index (Phi) is 6.17. The molecule has 1 amide bonds. The van der Waals surface area contributed by atoms with Gasteiger partial charge in [-0.25, -0.2) is 4.98 Å². The van der Waals surface area contributed by atoms with Gasteiger partial charge in [0, 0.05) is 37.1 Å². The predicted octanol–water partition coefficient (Wildman–Crippen LogP) is 4.04. The van der Waals surface area contributed by atoms with E-state index < -0.39 is 0 Å². The molecule has 4 rings (SSSR count). The fourth-order valence-corrected chi connectivity index (χ4v) is 4.88. The minimum absolute atomic E-state index is 0.0293. The van der Waals surface area contributed by atoms with Crippen LogP contribution in [0, 0.1) is 6.92 Å². The van der Waals surface area contributed by atoms with Crippen LogP contribution in [0.3, 0.4) is 0 Å². The lowest BCUT2D eigenvalue weighted by Gasteiger charge is -2.28. The van der Waals surface area contributed by atoms with Crippen LogP contribution in [-0.2, 0) is 9.53 Å². The van der Waals surface area contributed by atoms with Gasteiger partial charge in [0.2, 0.25) is 0 Å². The molecule has 0 unspecified atom stereocenters. The van der Waals surface area contributed by atoms with Crippen LogP contribution in [0.15, 0.2) is 41.8 Å². The molecule has 1 saturated heterocycles. The van der Waals surface area contributed by atoms with Gasteiger partial charge in [0.15, 0.2) is 5.13 Å². The highest BCUT2D eigenvalue weighted by Gasteiger charge is 2.20. The van der Waals surface area contributed by atoms with Gasteiger partial charge in [-0.1, -0.05) is 29.5 Å². The largest absolute Gasteiger partial charge is 0.379 e. The van der Waals surface area contributed by atoms with Gasteiger partial charge in [-0.2, -0.15) is 0 Å². The molecule has 0 N–H and O–H groups in total. The molecule has 0 bridgehead atoms. The van der Waals surface area contributed by atoms with E-state index in [0.717, 1.165) is 58.6 Å². The number of amides is 1.